The van der Waals surface area contributed by atoms with E-state index in [4.69, 9.17) is 5.14 Å². The molecule has 0 radical (unpaired) electrons. The Bertz CT molecular complexity index is 1680. The molecule has 2 aliphatic rings. The normalized spacial score (nSPS) is 18.2. The van der Waals surface area contributed by atoms with Gasteiger partial charge in [-0.15, -0.1) is 5.11 Å². The second-order valence-electron chi connectivity index (χ2n) is 9.62. The van der Waals surface area contributed by atoms with Crippen LogP contribution in [-0.4, -0.2) is 59.7 Å². The van der Waals surface area contributed by atoms with E-state index < -0.39 is 31.9 Å². The van der Waals surface area contributed by atoms with Crippen LogP contribution >= 0.6 is 0 Å². The molecule has 3 aromatic rings. The molecule has 15 heteroatoms. The second kappa shape index (κ2) is 9.74. The van der Waals surface area contributed by atoms with E-state index >= 15 is 0 Å². The molecule has 204 valence electrons. The van der Waals surface area contributed by atoms with Crippen LogP contribution in [0.3, 0.4) is 0 Å². The molecule has 2 fully saturated rings. The topological polar surface area (TPSA) is 194 Å². The van der Waals surface area contributed by atoms with Gasteiger partial charge in [0, 0.05) is 31.4 Å². The molecule has 1 atom stereocenters. The Balaban J connectivity index is 1.43. The van der Waals surface area contributed by atoms with Crippen molar-refractivity contribution in [2.24, 2.45) is 15.5 Å². The van der Waals surface area contributed by atoms with Gasteiger partial charge in [0.25, 0.3) is 5.69 Å². The zero-order valence-electron chi connectivity index (χ0n) is 20.8. The number of hydrogen-bond donors (Lipinski definition) is 2. The van der Waals surface area contributed by atoms with Crippen molar-refractivity contribution in [3.63, 3.8) is 0 Å². The standard InChI is InChI=1S/C24H25N7O7S/c1-14-12-28(8-9-30(14)27-26-15-2-6-17(7-3-15)39(25,37)38)21-11-20-18(10-22(21)31(35)36)23(32)19(24(33)34)13-29(20)16-4-5-16/h2-3,6-7,10-11,13-14,16H,4-5,8-9,12H2,1H3,(H,33,34)(H2,25,37,38)/t14-/m0/s1. The minimum absolute atomic E-state index is 0.00573. The van der Waals surface area contributed by atoms with Crippen LogP contribution in [0.4, 0.5) is 17.1 Å². The summed E-state index contributed by atoms with van der Waals surface area (Å²) in [4.78, 5) is 37.8. The van der Waals surface area contributed by atoms with Crippen molar-refractivity contribution in [3.05, 3.63) is 68.5 Å². The summed E-state index contributed by atoms with van der Waals surface area (Å²) in [7, 11) is -3.81. The van der Waals surface area contributed by atoms with Crippen molar-refractivity contribution in [1.29, 1.82) is 0 Å². The quantitative estimate of drug-likeness (QED) is 0.250. The smallest absolute Gasteiger partial charge is 0.341 e. The van der Waals surface area contributed by atoms with Gasteiger partial charge in [-0.1, -0.05) is 5.22 Å². The first kappa shape index (κ1) is 26.2. The maximum atomic E-state index is 12.9. The lowest BCUT2D eigenvalue weighted by molar-refractivity contribution is -0.384. The molecule has 39 heavy (non-hydrogen) atoms. The van der Waals surface area contributed by atoms with Crippen LogP contribution in [0.25, 0.3) is 10.9 Å². The molecular formula is C24H25N7O7S. The summed E-state index contributed by atoms with van der Waals surface area (Å²) >= 11 is 0. The molecule has 0 unspecified atom stereocenters. The van der Waals surface area contributed by atoms with Crippen molar-refractivity contribution < 1.29 is 23.2 Å². The van der Waals surface area contributed by atoms with E-state index in [1.54, 1.807) is 15.6 Å². The predicted molar refractivity (Wildman–Crippen MR) is 141 cm³/mol. The number of nitro groups is 1. The highest BCUT2D eigenvalue weighted by atomic mass is 32.2. The number of anilines is 1. The van der Waals surface area contributed by atoms with Gasteiger partial charge in [-0.25, -0.2) is 18.4 Å². The third-order valence-electron chi connectivity index (χ3n) is 6.87. The van der Waals surface area contributed by atoms with Crippen LogP contribution in [0.1, 0.15) is 36.2 Å². The van der Waals surface area contributed by atoms with E-state index in [0.29, 0.717) is 36.5 Å². The number of sulfonamides is 1. The van der Waals surface area contributed by atoms with Gasteiger partial charge in [-0.2, -0.15) is 0 Å². The lowest BCUT2D eigenvalue weighted by Crippen LogP contribution is -2.49. The maximum absolute atomic E-state index is 12.9. The third kappa shape index (κ3) is 5.18. The maximum Gasteiger partial charge on any atom is 0.341 e. The summed E-state index contributed by atoms with van der Waals surface area (Å²) in [5, 5.41) is 36.8. The summed E-state index contributed by atoms with van der Waals surface area (Å²) < 4.78 is 24.6. The average Bonchev–Trinajstić information content (AvgIpc) is 3.72. The van der Waals surface area contributed by atoms with Crippen LogP contribution in [0.2, 0.25) is 0 Å². The number of benzene rings is 2. The van der Waals surface area contributed by atoms with Gasteiger partial charge in [0.1, 0.15) is 11.3 Å². The molecule has 0 bridgehead atoms. The van der Waals surface area contributed by atoms with E-state index in [2.05, 4.69) is 10.3 Å². The minimum Gasteiger partial charge on any atom is -0.477 e. The third-order valence-corrected chi connectivity index (χ3v) is 7.80. The second-order valence-corrected chi connectivity index (χ2v) is 11.2. The number of piperazine rings is 1. The van der Waals surface area contributed by atoms with E-state index in [0.717, 1.165) is 12.8 Å². The zero-order valence-corrected chi connectivity index (χ0v) is 21.6. The number of aromatic nitrogens is 1. The molecule has 14 nitrogen and oxygen atoms in total. The fraction of sp³-hybridized carbons (Fsp3) is 0.333. The van der Waals surface area contributed by atoms with Crippen molar-refractivity contribution >= 4 is 44.0 Å². The minimum atomic E-state index is -3.81. The molecule has 0 spiro atoms. The van der Waals surface area contributed by atoms with Crippen LogP contribution in [0.15, 0.2) is 62.6 Å². The van der Waals surface area contributed by atoms with Crippen LogP contribution in [-0.2, 0) is 10.0 Å². The summed E-state index contributed by atoms with van der Waals surface area (Å²) in [5.41, 5.74) is -0.206. The van der Waals surface area contributed by atoms with Crippen molar-refractivity contribution in [3.8, 4) is 0 Å². The van der Waals surface area contributed by atoms with Gasteiger partial charge in [0.05, 0.1) is 39.0 Å². The van der Waals surface area contributed by atoms with E-state index in [1.807, 2.05) is 11.8 Å². The molecule has 1 saturated heterocycles. The number of carboxylic acids is 1. The van der Waals surface area contributed by atoms with Crippen molar-refractivity contribution in [2.45, 2.75) is 36.7 Å². The molecule has 5 rings (SSSR count). The van der Waals surface area contributed by atoms with E-state index in [-0.39, 0.29) is 28.1 Å². The molecule has 1 saturated carbocycles. The first-order chi connectivity index (χ1) is 18.4. The average molecular weight is 556 g/mol. The summed E-state index contributed by atoms with van der Waals surface area (Å²) in [6.07, 6.45) is 2.99. The predicted octanol–water partition coefficient (Wildman–Crippen LogP) is 2.80. The highest BCUT2D eigenvalue weighted by Crippen LogP contribution is 2.40. The fourth-order valence-electron chi connectivity index (χ4n) is 4.69. The number of carboxylic acid groups (broad SMARTS) is 1. The van der Waals surface area contributed by atoms with Crippen LogP contribution in [0, 0.1) is 10.1 Å². The Morgan fingerprint density at radius 2 is 1.87 bits per heavy atom. The first-order valence-corrected chi connectivity index (χ1v) is 13.7. The highest BCUT2D eigenvalue weighted by Gasteiger charge is 2.32. The van der Waals surface area contributed by atoms with Gasteiger partial charge in [-0.3, -0.25) is 19.9 Å². The Hall–Kier alpha value is -4.37. The molecule has 3 N–H and O–H groups in total. The molecule has 1 aliphatic heterocycles. The number of fused-ring (bicyclic) bond motifs is 1. The highest BCUT2D eigenvalue weighted by molar-refractivity contribution is 7.89. The molecule has 2 heterocycles. The number of primary sulfonamides is 1. The van der Waals surface area contributed by atoms with Gasteiger partial charge in [-0.05, 0) is 50.1 Å². The lowest BCUT2D eigenvalue weighted by Gasteiger charge is -2.38. The number of hydrogen-bond acceptors (Lipinski definition) is 9. The molecule has 0 amide bonds. The monoisotopic (exact) mass is 555 g/mol. The molecule has 1 aromatic heterocycles. The summed E-state index contributed by atoms with van der Waals surface area (Å²) in [6, 6.07) is 8.28. The Kier molecular flexibility index (Phi) is 6.56. The largest absolute Gasteiger partial charge is 0.477 e. The van der Waals surface area contributed by atoms with Gasteiger partial charge in [0.2, 0.25) is 15.5 Å². The SMILES string of the molecule is C[C@H]1CN(c2cc3c(cc2[N+](=O)[O-])c(=O)c(C(=O)O)cn3C2CC2)CCN1N=Nc1ccc(S(N)(=O)=O)cc1. The van der Waals surface area contributed by atoms with Crippen LogP contribution < -0.4 is 15.5 Å². The number of rotatable bonds is 7. The van der Waals surface area contributed by atoms with E-state index in [1.165, 1.54) is 36.5 Å². The van der Waals surface area contributed by atoms with Gasteiger partial charge in [0.15, 0.2) is 0 Å². The number of pyridine rings is 1. The van der Waals surface area contributed by atoms with Gasteiger partial charge >= 0.3 is 5.97 Å². The molecular weight excluding hydrogens is 530 g/mol. The Morgan fingerprint density at radius 1 is 1.18 bits per heavy atom. The lowest BCUT2D eigenvalue weighted by atomic mass is 10.1. The van der Waals surface area contributed by atoms with E-state index in [9.17, 15) is 33.2 Å². The number of aromatic carboxylic acids is 1. The Morgan fingerprint density at radius 3 is 2.44 bits per heavy atom. The van der Waals surface area contributed by atoms with Gasteiger partial charge < -0.3 is 14.6 Å². The summed E-state index contributed by atoms with van der Waals surface area (Å²) in [5.74, 6) is -1.37. The summed E-state index contributed by atoms with van der Waals surface area (Å²) in [6.45, 7) is 3.03. The first-order valence-electron chi connectivity index (χ1n) is 12.1. The molecule has 1 aliphatic carbocycles. The van der Waals surface area contributed by atoms with Crippen molar-refractivity contribution in [1.82, 2.24) is 9.58 Å². The van der Waals surface area contributed by atoms with Crippen molar-refractivity contribution in [2.75, 3.05) is 24.5 Å². The number of nitrogens with two attached hydrogens (primary N) is 1. The number of nitro benzene ring substituents is 1. The fourth-order valence-corrected chi connectivity index (χ4v) is 5.21. The molecule has 2 aromatic carbocycles. The number of nitrogens with zero attached hydrogens (tertiary/aromatic N) is 6. The number of carbonyl (C=O) groups is 1. The Labute approximate surface area is 222 Å². The van der Waals surface area contributed by atoms with Crippen LogP contribution in [0.5, 0.6) is 0 Å². The zero-order chi connectivity index (χ0) is 28.1.